The zero-order valence-corrected chi connectivity index (χ0v) is 10.4. The molecule has 90 valence electrons. The molecule has 0 aliphatic rings. The lowest BCUT2D eigenvalue weighted by molar-refractivity contribution is 0.120. The van der Waals surface area contributed by atoms with E-state index in [1.165, 1.54) is 12.1 Å². The van der Waals surface area contributed by atoms with Crippen LogP contribution in [0, 0.1) is 11.6 Å². The maximum atomic E-state index is 13.7. The van der Waals surface area contributed by atoms with Gasteiger partial charge in [0.25, 0.3) is 0 Å². The first-order valence-electron chi connectivity index (χ1n) is 4.79. The fraction of sp³-hybridized carbons (Fsp3) is 0.400. The van der Waals surface area contributed by atoms with Gasteiger partial charge in [-0.3, -0.25) is 11.3 Å². The van der Waals surface area contributed by atoms with Gasteiger partial charge in [-0.2, -0.15) is 0 Å². The van der Waals surface area contributed by atoms with Crippen molar-refractivity contribution in [1.29, 1.82) is 0 Å². The Kier molecular flexibility index (Phi) is 5.27. The fourth-order valence-electron chi connectivity index (χ4n) is 1.31. The van der Waals surface area contributed by atoms with E-state index in [4.69, 9.17) is 10.6 Å². The predicted molar refractivity (Wildman–Crippen MR) is 60.6 cm³/mol. The molecule has 0 aromatic heterocycles. The zero-order valence-electron chi connectivity index (χ0n) is 8.77. The van der Waals surface area contributed by atoms with Crippen LogP contribution in [0.5, 0.6) is 0 Å². The summed E-state index contributed by atoms with van der Waals surface area (Å²) >= 11 is 2.99. The van der Waals surface area contributed by atoms with E-state index in [9.17, 15) is 8.78 Å². The van der Waals surface area contributed by atoms with Gasteiger partial charge in [-0.1, -0.05) is 0 Å². The average molecular weight is 295 g/mol. The van der Waals surface area contributed by atoms with E-state index < -0.39 is 17.7 Å². The van der Waals surface area contributed by atoms with E-state index in [1.54, 1.807) is 6.92 Å². The monoisotopic (exact) mass is 294 g/mol. The van der Waals surface area contributed by atoms with Gasteiger partial charge < -0.3 is 4.74 Å². The Morgan fingerprint density at radius 2 is 2.19 bits per heavy atom. The molecule has 0 spiro atoms. The SMILES string of the molecule is CCOCC(NN)c1c(F)ccc(Br)c1F. The number of hydrogen-bond acceptors (Lipinski definition) is 3. The van der Waals surface area contributed by atoms with Gasteiger partial charge in [0.2, 0.25) is 0 Å². The smallest absolute Gasteiger partial charge is 0.145 e. The maximum absolute atomic E-state index is 13.7. The summed E-state index contributed by atoms with van der Waals surface area (Å²) < 4.78 is 32.5. The van der Waals surface area contributed by atoms with E-state index in [2.05, 4.69) is 21.4 Å². The van der Waals surface area contributed by atoms with Crippen molar-refractivity contribution in [2.45, 2.75) is 13.0 Å². The minimum Gasteiger partial charge on any atom is -0.380 e. The number of benzene rings is 1. The molecule has 6 heteroatoms. The summed E-state index contributed by atoms with van der Waals surface area (Å²) in [4.78, 5) is 0. The Morgan fingerprint density at radius 1 is 1.50 bits per heavy atom. The first kappa shape index (κ1) is 13.5. The highest BCUT2D eigenvalue weighted by Crippen LogP contribution is 2.26. The van der Waals surface area contributed by atoms with Crippen molar-refractivity contribution >= 4 is 15.9 Å². The molecule has 1 atom stereocenters. The number of halogens is 3. The summed E-state index contributed by atoms with van der Waals surface area (Å²) in [5.41, 5.74) is 2.22. The van der Waals surface area contributed by atoms with Crippen LogP contribution in [0.3, 0.4) is 0 Å². The van der Waals surface area contributed by atoms with Crippen LogP contribution in [0.4, 0.5) is 8.78 Å². The third kappa shape index (κ3) is 2.98. The average Bonchev–Trinajstić information content (AvgIpc) is 2.28. The van der Waals surface area contributed by atoms with Crippen molar-refractivity contribution in [3.63, 3.8) is 0 Å². The molecule has 0 aliphatic carbocycles. The van der Waals surface area contributed by atoms with Gasteiger partial charge in [-0.15, -0.1) is 0 Å². The van der Waals surface area contributed by atoms with Crippen LogP contribution in [0.2, 0.25) is 0 Å². The molecular formula is C10H13BrF2N2O. The number of hydrazine groups is 1. The highest BCUT2D eigenvalue weighted by Gasteiger charge is 2.21. The van der Waals surface area contributed by atoms with Gasteiger partial charge in [0.05, 0.1) is 17.1 Å². The van der Waals surface area contributed by atoms with Crippen molar-refractivity contribution < 1.29 is 13.5 Å². The minimum atomic E-state index is -0.711. The van der Waals surface area contributed by atoms with E-state index in [0.717, 1.165) is 0 Å². The molecule has 0 bridgehead atoms. The van der Waals surface area contributed by atoms with Crippen LogP contribution in [0.1, 0.15) is 18.5 Å². The lowest BCUT2D eigenvalue weighted by Crippen LogP contribution is -2.33. The molecular weight excluding hydrogens is 282 g/mol. The highest BCUT2D eigenvalue weighted by molar-refractivity contribution is 9.10. The second-order valence-corrected chi connectivity index (χ2v) is 3.99. The summed E-state index contributed by atoms with van der Waals surface area (Å²) in [6.07, 6.45) is 0. The molecule has 1 rings (SSSR count). The van der Waals surface area contributed by atoms with Crippen molar-refractivity contribution in [2.24, 2.45) is 5.84 Å². The summed E-state index contributed by atoms with van der Waals surface area (Å²) in [5.74, 6) is 3.94. The quantitative estimate of drug-likeness (QED) is 0.498. The standard InChI is InChI=1S/C10H13BrF2N2O/c1-2-16-5-8(15-14)9-7(12)4-3-6(11)10(9)13/h3-4,8,15H,2,5,14H2,1H3. The third-order valence-corrected chi connectivity index (χ3v) is 2.73. The third-order valence-electron chi connectivity index (χ3n) is 2.12. The van der Waals surface area contributed by atoms with E-state index >= 15 is 0 Å². The number of ether oxygens (including phenoxy) is 1. The zero-order chi connectivity index (χ0) is 12.1. The lowest BCUT2D eigenvalue weighted by atomic mass is 10.1. The second kappa shape index (κ2) is 6.24. The summed E-state index contributed by atoms with van der Waals surface area (Å²) in [6.45, 7) is 2.36. The van der Waals surface area contributed by atoms with Crippen LogP contribution in [-0.2, 0) is 4.74 Å². The van der Waals surface area contributed by atoms with Crippen LogP contribution in [0.15, 0.2) is 16.6 Å². The minimum absolute atomic E-state index is 0.108. The van der Waals surface area contributed by atoms with E-state index in [1.807, 2.05) is 0 Å². The summed E-state index contributed by atoms with van der Waals surface area (Å²) in [5, 5.41) is 0. The molecule has 1 aromatic carbocycles. The van der Waals surface area contributed by atoms with Crippen LogP contribution in [-0.4, -0.2) is 13.2 Å². The molecule has 0 amide bonds. The van der Waals surface area contributed by atoms with Gasteiger partial charge in [-0.25, -0.2) is 8.78 Å². The molecule has 0 aliphatic heterocycles. The second-order valence-electron chi connectivity index (χ2n) is 3.14. The van der Waals surface area contributed by atoms with Crippen LogP contribution < -0.4 is 11.3 Å². The molecule has 1 unspecified atom stereocenters. The Bertz CT molecular complexity index is 363. The molecule has 0 saturated heterocycles. The highest BCUT2D eigenvalue weighted by atomic mass is 79.9. The van der Waals surface area contributed by atoms with Gasteiger partial charge >= 0.3 is 0 Å². The van der Waals surface area contributed by atoms with Crippen molar-refractivity contribution in [3.05, 3.63) is 33.8 Å². The number of hydrogen-bond donors (Lipinski definition) is 2. The maximum Gasteiger partial charge on any atom is 0.145 e. The molecule has 16 heavy (non-hydrogen) atoms. The van der Waals surface area contributed by atoms with Crippen LogP contribution >= 0.6 is 15.9 Å². The molecule has 3 N–H and O–H groups in total. The van der Waals surface area contributed by atoms with Crippen molar-refractivity contribution in [3.8, 4) is 0 Å². The topological polar surface area (TPSA) is 47.3 Å². The fourth-order valence-corrected chi connectivity index (χ4v) is 1.66. The Balaban J connectivity index is 3.03. The van der Waals surface area contributed by atoms with Gasteiger partial charge in [0.15, 0.2) is 0 Å². The Hall–Kier alpha value is -0.560. The van der Waals surface area contributed by atoms with Gasteiger partial charge in [-0.05, 0) is 35.0 Å². The number of rotatable bonds is 5. The van der Waals surface area contributed by atoms with E-state index in [-0.39, 0.29) is 16.6 Å². The van der Waals surface area contributed by atoms with Crippen LogP contribution in [0.25, 0.3) is 0 Å². The number of nitrogens with two attached hydrogens (primary N) is 1. The Morgan fingerprint density at radius 3 is 2.75 bits per heavy atom. The summed E-state index contributed by atoms with van der Waals surface area (Å²) in [7, 11) is 0. The van der Waals surface area contributed by atoms with Gasteiger partial charge in [0.1, 0.15) is 11.6 Å². The van der Waals surface area contributed by atoms with Gasteiger partial charge in [0, 0.05) is 12.2 Å². The van der Waals surface area contributed by atoms with E-state index in [0.29, 0.717) is 6.61 Å². The first-order chi connectivity index (χ1) is 7.61. The normalized spacial score (nSPS) is 12.8. The molecule has 0 saturated carbocycles. The molecule has 0 heterocycles. The molecule has 1 aromatic rings. The Labute approximate surface area is 101 Å². The lowest BCUT2D eigenvalue weighted by Gasteiger charge is -2.18. The first-order valence-corrected chi connectivity index (χ1v) is 5.58. The molecule has 0 fully saturated rings. The molecule has 0 radical (unpaired) electrons. The predicted octanol–water partition coefficient (Wildman–Crippen LogP) is 2.27. The van der Waals surface area contributed by atoms with Crippen molar-refractivity contribution in [2.75, 3.05) is 13.2 Å². The molecule has 3 nitrogen and oxygen atoms in total. The number of nitrogens with one attached hydrogen (secondary N) is 1. The largest absolute Gasteiger partial charge is 0.380 e. The van der Waals surface area contributed by atoms with Crippen molar-refractivity contribution in [1.82, 2.24) is 5.43 Å². The summed E-state index contributed by atoms with van der Waals surface area (Å²) in [6, 6.07) is 1.78.